The van der Waals surface area contributed by atoms with Gasteiger partial charge < -0.3 is 19.5 Å². The second-order valence-corrected chi connectivity index (χ2v) is 9.05. The first-order chi connectivity index (χ1) is 15.7. The Morgan fingerprint density at radius 2 is 1.81 bits per heavy atom. The molecule has 0 bridgehead atoms. The van der Waals surface area contributed by atoms with Gasteiger partial charge in [-0.15, -0.1) is 11.3 Å². The summed E-state index contributed by atoms with van der Waals surface area (Å²) in [6, 6.07) is 12.4. The lowest BCUT2D eigenvalue weighted by Crippen LogP contribution is -2.10. The van der Waals surface area contributed by atoms with Crippen LogP contribution in [0.25, 0.3) is 11.3 Å². The van der Waals surface area contributed by atoms with E-state index in [1.807, 2.05) is 11.4 Å². The molecule has 6 nitrogen and oxygen atoms in total. The molecule has 3 aromatic rings. The molecule has 1 saturated carbocycles. The number of benzene rings is 2. The van der Waals surface area contributed by atoms with Gasteiger partial charge >= 0.3 is 5.97 Å². The van der Waals surface area contributed by atoms with Crippen LogP contribution < -0.4 is 14.8 Å². The van der Waals surface area contributed by atoms with Crippen molar-refractivity contribution in [1.29, 1.82) is 0 Å². The normalized spacial score (nSPS) is 18.2. The second kappa shape index (κ2) is 8.82. The second-order valence-electron chi connectivity index (χ2n) is 8.19. The first-order valence-electron chi connectivity index (χ1n) is 11.0. The fourth-order valence-electron chi connectivity index (χ4n) is 4.65. The lowest BCUT2D eigenvalue weighted by atomic mass is 9.84. The van der Waals surface area contributed by atoms with E-state index in [0.717, 1.165) is 11.3 Å². The van der Waals surface area contributed by atoms with Gasteiger partial charge in [-0.2, -0.15) is 0 Å². The number of cyclic esters (lactones) is 1. The van der Waals surface area contributed by atoms with Gasteiger partial charge in [-0.25, -0.2) is 9.78 Å². The maximum absolute atomic E-state index is 12.5. The molecule has 0 saturated heterocycles. The summed E-state index contributed by atoms with van der Waals surface area (Å²) in [5.74, 6) is 1.13. The van der Waals surface area contributed by atoms with E-state index in [-0.39, 0.29) is 0 Å². The highest BCUT2D eigenvalue weighted by Gasteiger charge is 2.36. The monoisotopic (exact) mass is 450 g/mol. The largest absolute Gasteiger partial charge is 0.493 e. The van der Waals surface area contributed by atoms with Gasteiger partial charge in [-0.3, -0.25) is 0 Å². The molecule has 1 aliphatic carbocycles. The molecule has 1 aromatic heterocycles. The van der Waals surface area contributed by atoms with Crippen LogP contribution in [0.5, 0.6) is 11.5 Å². The van der Waals surface area contributed by atoms with Gasteiger partial charge in [0.1, 0.15) is 5.56 Å². The fourth-order valence-corrected chi connectivity index (χ4v) is 5.39. The minimum Gasteiger partial charge on any atom is -0.493 e. The first kappa shape index (κ1) is 20.8. The number of thiazole rings is 1. The van der Waals surface area contributed by atoms with Gasteiger partial charge in [0.25, 0.3) is 0 Å². The number of carbonyl (C=O) groups is 1. The van der Waals surface area contributed by atoms with E-state index in [4.69, 9.17) is 19.2 Å². The number of anilines is 1. The van der Waals surface area contributed by atoms with E-state index >= 15 is 0 Å². The molecule has 2 heterocycles. The zero-order chi connectivity index (χ0) is 22.1. The molecule has 0 spiro atoms. The number of fused-ring (bicyclic) bond motifs is 1. The van der Waals surface area contributed by atoms with E-state index in [2.05, 4.69) is 29.6 Å². The van der Waals surface area contributed by atoms with E-state index in [9.17, 15) is 4.79 Å². The Balaban J connectivity index is 1.33. The highest BCUT2D eigenvalue weighted by molar-refractivity contribution is 7.14. The average molecular weight is 451 g/mol. The molecule has 0 amide bonds. The number of rotatable bonds is 6. The van der Waals surface area contributed by atoms with Crippen LogP contribution in [0.15, 0.2) is 41.8 Å². The van der Waals surface area contributed by atoms with Crippen molar-refractivity contribution in [2.45, 2.75) is 44.2 Å². The highest BCUT2D eigenvalue weighted by Crippen LogP contribution is 2.42. The molecule has 1 aliphatic heterocycles. The summed E-state index contributed by atoms with van der Waals surface area (Å²) in [4.78, 5) is 17.2. The van der Waals surface area contributed by atoms with Gasteiger partial charge in [-0.05, 0) is 36.5 Å². The lowest BCUT2D eigenvalue weighted by molar-refractivity contribution is 0.0435. The van der Waals surface area contributed by atoms with Crippen LogP contribution in [0, 0.1) is 0 Å². The number of nitrogens with zero attached hydrogens (tertiary/aromatic N) is 1. The number of hydrogen-bond acceptors (Lipinski definition) is 7. The number of carbonyl (C=O) groups excluding carboxylic acids is 1. The minimum atomic E-state index is -0.620. The number of ether oxygens (including phenoxy) is 3. The van der Waals surface area contributed by atoms with Crippen molar-refractivity contribution in [3.05, 3.63) is 58.5 Å². The summed E-state index contributed by atoms with van der Waals surface area (Å²) in [5, 5.41) is 5.95. The van der Waals surface area contributed by atoms with Crippen LogP contribution in [-0.2, 0) is 4.74 Å². The quantitative estimate of drug-likeness (QED) is 0.454. The first-order valence-corrected chi connectivity index (χ1v) is 11.8. The highest BCUT2D eigenvalue weighted by atomic mass is 32.1. The van der Waals surface area contributed by atoms with Gasteiger partial charge in [0.2, 0.25) is 6.23 Å². The molecular weight excluding hydrogens is 424 g/mol. The Bertz CT molecular complexity index is 1120. The van der Waals surface area contributed by atoms with E-state index in [1.165, 1.54) is 56.1 Å². The third-order valence-corrected chi connectivity index (χ3v) is 7.10. The van der Waals surface area contributed by atoms with Crippen molar-refractivity contribution in [2.75, 3.05) is 19.5 Å². The molecule has 1 N–H and O–H groups in total. The molecule has 32 heavy (non-hydrogen) atoms. The Labute approximate surface area is 191 Å². The number of esters is 1. The molecule has 166 valence electrons. The molecule has 2 aromatic carbocycles. The number of methoxy groups -OCH3 is 2. The lowest BCUT2D eigenvalue weighted by Gasteiger charge is -2.22. The molecule has 0 unspecified atom stereocenters. The van der Waals surface area contributed by atoms with Crippen LogP contribution in [-0.4, -0.2) is 25.2 Å². The fraction of sp³-hybridized carbons (Fsp3) is 0.360. The average Bonchev–Trinajstić information content (AvgIpc) is 3.44. The zero-order valence-electron chi connectivity index (χ0n) is 18.2. The molecule has 7 heteroatoms. The summed E-state index contributed by atoms with van der Waals surface area (Å²) < 4.78 is 16.3. The summed E-state index contributed by atoms with van der Waals surface area (Å²) in [6.07, 6.45) is 6.00. The number of hydrogen-bond donors (Lipinski definition) is 1. The molecule has 1 atom stereocenters. The SMILES string of the molecule is COc1ccc2c(c1OC)C(=O)O[C@H]2Nc1nc(-c2ccc(C3CCCCC3)cc2)cs1. The summed E-state index contributed by atoms with van der Waals surface area (Å²) >= 11 is 1.49. The molecule has 5 rings (SSSR count). The van der Waals surface area contributed by atoms with Crippen molar-refractivity contribution in [3.63, 3.8) is 0 Å². The number of nitrogens with one attached hydrogen (secondary N) is 1. The summed E-state index contributed by atoms with van der Waals surface area (Å²) in [6.45, 7) is 0. The molecule has 2 aliphatic rings. The maximum atomic E-state index is 12.5. The van der Waals surface area contributed by atoms with E-state index in [1.54, 1.807) is 13.2 Å². The summed E-state index contributed by atoms with van der Waals surface area (Å²) in [5.41, 5.74) is 4.52. The van der Waals surface area contributed by atoms with E-state index < -0.39 is 12.2 Å². The van der Waals surface area contributed by atoms with Crippen molar-refractivity contribution in [1.82, 2.24) is 4.98 Å². The third kappa shape index (κ3) is 3.81. The zero-order valence-corrected chi connectivity index (χ0v) is 19.0. The van der Waals surface area contributed by atoms with E-state index in [0.29, 0.717) is 33.7 Å². The molecular formula is C25H26N2O4S. The van der Waals surface area contributed by atoms with Gasteiger partial charge in [0.15, 0.2) is 16.6 Å². The van der Waals surface area contributed by atoms with Crippen molar-refractivity contribution < 1.29 is 19.0 Å². The van der Waals surface area contributed by atoms with Crippen LogP contribution in [0.1, 0.15) is 65.7 Å². The van der Waals surface area contributed by atoms with Crippen molar-refractivity contribution >= 4 is 22.4 Å². The van der Waals surface area contributed by atoms with Gasteiger partial charge in [0.05, 0.1) is 19.9 Å². The van der Waals surface area contributed by atoms with Crippen molar-refractivity contribution in [3.8, 4) is 22.8 Å². The third-order valence-electron chi connectivity index (χ3n) is 6.33. The standard InChI is InChI=1S/C25H26N2O4S/c1-29-20-13-12-18-21(22(20)30-2)24(28)31-23(18)27-25-26-19(14-32-25)17-10-8-16(9-11-17)15-6-4-3-5-7-15/h8-15,23H,3-7H2,1-2H3,(H,26,27)/t23-/m1/s1. The number of aromatic nitrogens is 1. The summed E-state index contributed by atoms with van der Waals surface area (Å²) in [7, 11) is 3.05. The Morgan fingerprint density at radius 1 is 1.03 bits per heavy atom. The Morgan fingerprint density at radius 3 is 2.53 bits per heavy atom. The Hall–Kier alpha value is -3.06. The molecule has 1 fully saturated rings. The van der Waals surface area contributed by atoms with Gasteiger partial charge in [0, 0.05) is 16.5 Å². The molecule has 0 radical (unpaired) electrons. The van der Waals surface area contributed by atoms with Crippen molar-refractivity contribution in [2.24, 2.45) is 0 Å². The minimum absolute atomic E-state index is 0.386. The van der Waals surface area contributed by atoms with Gasteiger partial charge in [-0.1, -0.05) is 43.5 Å². The topological polar surface area (TPSA) is 69.7 Å². The maximum Gasteiger partial charge on any atom is 0.344 e. The van der Waals surface area contributed by atoms with Crippen LogP contribution in [0.2, 0.25) is 0 Å². The predicted octanol–water partition coefficient (Wildman–Crippen LogP) is 6.16. The Kier molecular flexibility index (Phi) is 5.74. The predicted molar refractivity (Wildman–Crippen MR) is 125 cm³/mol. The van der Waals surface area contributed by atoms with Crippen LogP contribution >= 0.6 is 11.3 Å². The van der Waals surface area contributed by atoms with Crippen LogP contribution in [0.4, 0.5) is 5.13 Å². The smallest absolute Gasteiger partial charge is 0.344 e. The van der Waals surface area contributed by atoms with Crippen LogP contribution in [0.3, 0.4) is 0 Å².